The van der Waals surface area contributed by atoms with Gasteiger partial charge in [0.25, 0.3) is 0 Å². The Bertz CT molecular complexity index is 2230. The third-order valence-electron chi connectivity index (χ3n) is 9.39. The van der Waals surface area contributed by atoms with Crippen LogP contribution in [0.25, 0.3) is 55.6 Å². The Kier molecular flexibility index (Phi) is 9.27. The first kappa shape index (κ1) is 33.6. The molecule has 0 saturated heterocycles. The van der Waals surface area contributed by atoms with Crippen molar-refractivity contribution in [3.63, 3.8) is 0 Å². The molecule has 8 rings (SSSR count). The van der Waals surface area contributed by atoms with Crippen LogP contribution in [-0.4, -0.2) is 36.5 Å². The van der Waals surface area contributed by atoms with Crippen molar-refractivity contribution < 1.29 is 24.5 Å². The Morgan fingerprint density at radius 1 is 0.681 bits per heavy atom. The Balaban J connectivity index is 0.000000194. The van der Waals surface area contributed by atoms with Crippen molar-refractivity contribution in [3.05, 3.63) is 127 Å². The molecule has 0 amide bonds. The van der Waals surface area contributed by atoms with Gasteiger partial charge in [-0.05, 0) is 0 Å². The standard InChI is InChI=1S/C27H22GeNO.C14H16GeN.Ir/c1-16-14-24(29-15-17(16)2)21-10-7-9-18-19-12-13-23-25(27(19)30-26(18)21)20-8-5-6-11-22(20)28(23,3)4;1-15(2,3)13-9-10-14(16-11-13)12-7-5-4-6-8-12;/h5-9,11-15H,1-4H3;4-7,9-11H,1-3H3;/q2*-1;. The number of hydrogen-bond donors (Lipinski definition) is 0. The first-order chi connectivity index (χ1) is 22.0. The van der Waals surface area contributed by atoms with Gasteiger partial charge in [-0.2, -0.15) is 0 Å². The van der Waals surface area contributed by atoms with Gasteiger partial charge >= 0.3 is 279 Å². The molecule has 3 aromatic heterocycles. The minimum Gasteiger partial charge on any atom is 0 e. The molecule has 1 aliphatic rings. The second-order valence-corrected chi connectivity index (χ2v) is 33.6. The van der Waals surface area contributed by atoms with Crippen molar-refractivity contribution in [2.45, 2.75) is 42.6 Å². The van der Waals surface area contributed by atoms with E-state index in [0.29, 0.717) is 0 Å². The van der Waals surface area contributed by atoms with Gasteiger partial charge in [0.2, 0.25) is 0 Å². The average Bonchev–Trinajstić information content (AvgIpc) is 3.55. The number of hydrogen-bond acceptors (Lipinski definition) is 3. The average molecular weight is 912 g/mol. The summed E-state index contributed by atoms with van der Waals surface area (Å²) in [7, 11) is 0. The van der Waals surface area contributed by atoms with Crippen molar-refractivity contribution in [3.8, 4) is 33.6 Å². The van der Waals surface area contributed by atoms with E-state index >= 15 is 0 Å². The molecule has 0 bridgehead atoms. The van der Waals surface area contributed by atoms with Crippen molar-refractivity contribution in [1.82, 2.24) is 9.97 Å². The van der Waals surface area contributed by atoms with Crippen LogP contribution >= 0.6 is 0 Å². The fraction of sp³-hybridized carbons (Fsp3) is 0.171. The van der Waals surface area contributed by atoms with Crippen LogP contribution < -0.4 is 13.2 Å². The summed E-state index contributed by atoms with van der Waals surface area (Å²) in [6.45, 7) is 4.21. The SMILES string of the molecule is Cc1cnc(-c2[c-]ccc3c2oc2c4[c](ccc23)[Ge]([CH3])([CH3])[c]2ccccc2-4)cc1C.[CH3][Ge]([CH3])([CH3])[c]1ccc(-c2[c-]cccc2)nc1.[Ir]. The Morgan fingerprint density at radius 3 is 2.13 bits per heavy atom. The number of furan rings is 1. The molecule has 0 saturated carbocycles. The maximum Gasteiger partial charge on any atom is 0 e. The van der Waals surface area contributed by atoms with Crippen LogP contribution in [0.3, 0.4) is 0 Å². The number of nitrogens with zero attached hydrogens (tertiary/aromatic N) is 2. The fourth-order valence-corrected chi connectivity index (χ4v) is 15.1. The molecule has 4 aromatic carbocycles. The van der Waals surface area contributed by atoms with E-state index < -0.39 is 26.5 Å². The molecule has 4 heterocycles. The molecule has 6 heteroatoms. The maximum atomic E-state index is 6.66. The van der Waals surface area contributed by atoms with E-state index in [4.69, 9.17) is 4.42 Å². The fourth-order valence-electron chi connectivity index (χ4n) is 6.49. The molecule has 47 heavy (non-hydrogen) atoms. The summed E-state index contributed by atoms with van der Waals surface area (Å²) in [4.78, 5) is 9.21. The number of aromatic nitrogens is 2. The summed E-state index contributed by atoms with van der Waals surface area (Å²) < 4.78 is 11.2. The smallest absolute Gasteiger partial charge is 0 e. The van der Waals surface area contributed by atoms with Gasteiger partial charge in [0, 0.05) is 20.1 Å². The number of benzene rings is 4. The van der Waals surface area contributed by atoms with E-state index in [-0.39, 0.29) is 20.1 Å². The number of pyridine rings is 2. The van der Waals surface area contributed by atoms with Crippen molar-refractivity contribution in [1.29, 1.82) is 0 Å². The van der Waals surface area contributed by atoms with Crippen LogP contribution in [0.5, 0.6) is 0 Å². The van der Waals surface area contributed by atoms with Crippen LogP contribution in [-0.2, 0) is 20.1 Å². The predicted molar refractivity (Wildman–Crippen MR) is 199 cm³/mol. The van der Waals surface area contributed by atoms with E-state index in [0.717, 1.165) is 39.1 Å². The van der Waals surface area contributed by atoms with Crippen molar-refractivity contribution in [2.24, 2.45) is 0 Å². The first-order valence-corrected chi connectivity index (χ1v) is 29.6. The molecule has 0 atom stereocenters. The van der Waals surface area contributed by atoms with Crippen LogP contribution in [0.15, 0.2) is 108 Å². The van der Waals surface area contributed by atoms with Crippen LogP contribution in [0.2, 0.25) is 28.8 Å². The second kappa shape index (κ2) is 13.0. The molecule has 3 nitrogen and oxygen atoms in total. The first-order valence-electron chi connectivity index (χ1n) is 15.9. The van der Waals surface area contributed by atoms with E-state index in [9.17, 15) is 0 Å². The third kappa shape index (κ3) is 6.10. The van der Waals surface area contributed by atoms with Gasteiger partial charge in [0.1, 0.15) is 0 Å². The van der Waals surface area contributed by atoms with E-state index in [1.807, 2.05) is 42.7 Å². The van der Waals surface area contributed by atoms with Gasteiger partial charge in [0.15, 0.2) is 0 Å². The molecule has 0 spiro atoms. The van der Waals surface area contributed by atoms with Gasteiger partial charge < -0.3 is 0 Å². The molecule has 0 unspecified atom stereocenters. The maximum absolute atomic E-state index is 6.66. The Labute approximate surface area is 296 Å². The molecule has 7 aromatic rings. The Hall–Kier alpha value is -3.28. The van der Waals surface area contributed by atoms with Gasteiger partial charge in [-0.25, -0.2) is 0 Å². The monoisotopic (exact) mass is 915 g/mol. The predicted octanol–water partition coefficient (Wildman–Crippen LogP) is 8.96. The van der Waals surface area contributed by atoms with Crippen molar-refractivity contribution in [2.75, 3.05) is 0 Å². The summed E-state index contributed by atoms with van der Waals surface area (Å²) in [6, 6.07) is 38.6. The number of aryl methyl sites for hydroxylation is 2. The number of rotatable bonds is 3. The summed E-state index contributed by atoms with van der Waals surface area (Å²) in [5.41, 5.74) is 10.9. The molecule has 1 aliphatic heterocycles. The Morgan fingerprint density at radius 2 is 1.43 bits per heavy atom. The molecule has 0 aliphatic carbocycles. The topological polar surface area (TPSA) is 38.9 Å². The zero-order valence-electron chi connectivity index (χ0n) is 28.0. The van der Waals surface area contributed by atoms with Gasteiger partial charge in [-0.3, -0.25) is 0 Å². The van der Waals surface area contributed by atoms with Crippen LogP contribution in [0.1, 0.15) is 11.1 Å². The molecule has 0 N–H and O–H groups in total. The zero-order valence-corrected chi connectivity index (χ0v) is 34.5. The molecule has 1 radical (unpaired) electrons. The molecule has 237 valence electrons. The minimum atomic E-state index is -2.31. The van der Waals surface area contributed by atoms with Crippen LogP contribution in [0, 0.1) is 26.0 Å². The van der Waals surface area contributed by atoms with E-state index in [2.05, 4.69) is 125 Å². The normalized spacial score (nSPS) is 13.0. The third-order valence-corrected chi connectivity index (χ3v) is 21.1. The summed E-state index contributed by atoms with van der Waals surface area (Å²) in [5.74, 6) is 12.1. The van der Waals surface area contributed by atoms with Gasteiger partial charge in [-0.1, -0.05) is 0 Å². The number of fused-ring (bicyclic) bond motifs is 7. The second-order valence-electron chi connectivity index (χ2n) is 13.8. The quantitative estimate of drug-likeness (QED) is 0.131. The summed E-state index contributed by atoms with van der Waals surface area (Å²) in [6.07, 6.45) is 3.97. The summed E-state index contributed by atoms with van der Waals surface area (Å²) in [5, 5.41) is 2.31. The largest absolute Gasteiger partial charge is 0 e. The van der Waals surface area contributed by atoms with Gasteiger partial charge in [-0.15, -0.1) is 0 Å². The molecule has 0 fully saturated rings. The van der Waals surface area contributed by atoms with E-state index in [1.54, 1.807) is 4.40 Å². The minimum absolute atomic E-state index is 0. The zero-order chi connectivity index (χ0) is 32.2. The van der Waals surface area contributed by atoms with Crippen LogP contribution in [0.4, 0.5) is 0 Å². The molecular weight excluding hydrogens is 874 g/mol. The van der Waals surface area contributed by atoms with E-state index in [1.165, 1.54) is 36.4 Å². The summed E-state index contributed by atoms with van der Waals surface area (Å²) >= 11 is -4.02. The van der Waals surface area contributed by atoms with Gasteiger partial charge in [0.05, 0.1) is 0 Å². The molecular formula is C41H38Ge2IrN2O-2. The van der Waals surface area contributed by atoms with Crippen molar-refractivity contribution >= 4 is 61.7 Å².